The molecule has 13 N–H and O–H groups in total. The molecule has 2 fully saturated rings. The molecule has 2 bridgehead atoms. The van der Waals surface area contributed by atoms with Gasteiger partial charge in [-0.3, -0.25) is 9.59 Å². The summed E-state index contributed by atoms with van der Waals surface area (Å²) in [5.74, 6) is -6.33. The van der Waals surface area contributed by atoms with E-state index in [-0.39, 0.29) is 44.6 Å². The molecule has 0 spiro atoms. The average molecular weight is 896 g/mol. The van der Waals surface area contributed by atoms with Crippen LogP contribution < -0.4 is 5.73 Å². The average Bonchev–Trinajstić information content (AvgIpc) is 3.18. The Balaban J connectivity index is 1.83. The van der Waals surface area contributed by atoms with Crippen molar-refractivity contribution in [3.63, 3.8) is 0 Å². The number of hydrogen-bond acceptors (Lipinski definition) is 17. The number of carbonyl (C=O) groups is 2. The zero-order chi connectivity index (χ0) is 46.7. The van der Waals surface area contributed by atoms with E-state index in [1.165, 1.54) is 6.08 Å². The van der Waals surface area contributed by atoms with E-state index in [2.05, 4.69) is 0 Å². The highest BCUT2D eigenvalue weighted by atomic mass is 16.7. The molecule has 3 aliphatic rings. The number of hydrogen-bond donors (Lipinski definition) is 12. The van der Waals surface area contributed by atoms with E-state index in [1.807, 2.05) is 13.0 Å². The Bertz CT molecular complexity index is 1600. The summed E-state index contributed by atoms with van der Waals surface area (Å²) in [7, 11) is 0. The van der Waals surface area contributed by atoms with Gasteiger partial charge in [-0.15, -0.1) is 0 Å². The summed E-state index contributed by atoms with van der Waals surface area (Å²) in [4.78, 5) is 24.9. The first-order valence-corrected chi connectivity index (χ1v) is 21.4. The summed E-state index contributed by atoms with van der Waals surface area (Å²) in [5.41, 5.74) is 5.92. The normalized spacial score (nSPS) is 44.2. The largest absolute Gasteiger partial charge is 0.481 e. The van der Waals surface area contributed by atoms with Gasteiger partial charge in [0.15, 0.2) is 12.1 Å². The van der Waals surface area contributed by atoms with Crippen molar-refractivity contribution in [3.8, 4) is 0 Å². The Hall–Kier alpha value is -3.44. The second kappa shape index (κ2) is 27.1. The van der Waals surface area contributed by atoms with Crippen molar-refractivity contribution in [1.29, 1.82) is 0 Å². The number of nitrogens with two attached hydrogens (primary N) is 1. The third kappa shape index (κ3) is 19.3. The number of aliphatic hydroxyl groups is 10. The van der Waals surface area contributed by atoms with Crippen LogP contribution in [0.2, 0.25) is 0 Å². The Morgan fingerprint density at radius 3 is 1.87 bits per heavy atom. The second-order valence-corrected chi connectivity index (χ2v) is 16.7. The highest BCUT2D eigenvalue weighted by molar-refractivity contribution is 5.71. The van der Waals surface area contributed by atoms with Gasteiger partial charge in [0, 0.05) is 38.0 Å². The molecule has 0 aromatic heterocycles. The molecule has 0 aliphatic carbocycles. The van der Waals surface area contributed by atoms with Crippen LogP contribution in [0, 0.1) is 11.8 Å². The van der Waals surface area contributed by atoms with Gasteiger partial charge in [0.2, 0.25) is 0 Å². The van der Waals surface area contributed by atoms with Crippen LogP contribution in [0.25, 0.3) is 0 Å². The highest BCUT2D eigenvalue weighted by Gasteiger charge is 2.50. The number of aliphatic hydroxyl groups excluding tert-OH is 9. The third-order valence-corrected chi connectivity index (χ3v) is 11.1. The molecule has 0 aromatic rings. The summed E-state index contributed by atoms with van der Waals surface area (Å²) in [5, 5.41) is 117. The van der Waals surface area contributed by atoms with E-state index in [0.29, 0.717) is 0 Å². The predicted molar refractivity (Wildman–Crippen MR) is 228 cm³/mol. The molecular weight excluding hydrogens is 826 g/mol. The summed E-state index contributed by atoms with van der Waals surface area (Å²) in [6.07, 6.45) is 4.64. The second-order valence-electron chi connectivity index (χ2n) is 16.7. The fourth-order valence-electron chi connectivity index (χ4n) is 7.49. The van der Waals surface area contributed by atoms with Crippen molar-refractivity contribution in [2.75, 3.05) is 6.61 Å². The molecule has 18 nitrogen and oxygen atoms in total. The number of fused-ring (bicyclic) bond motifs is 2. The van der Waals surface area contributed by atoms with Gasteiger partial charge in [-0.05, 0) is 26.2 Å². The molecule has 0 saturated carbocycles. The van der Waals surface area contributed by atoms with Gasteiger partial charge in [-0.25, -0.2) is 0 Å². The Morgan fingerprint density at radius 2 is 1.27 bits per heavy atom. The molecule has 0 aromatic carbocycles. The molecule has 0 amide bonds. The summed E-state index contributed by atoms with van der Waals surface area (Å²) >= 11 is 0. The van der Waals surface area contributed by atoms with Gasteiger partial charge < -0.3 is 80.9 Å². The fourth-order valence-corrected chi connectivity index (χ4v) is 7.49. The van der Waals surface area contributed by atoms with Crippen molar-refractivity contribution in [2.24, 2.45) is 17.6 Å². The summed E-state index contributed by atoms with van der Waals surface area (Å²) < 4.78 is 22.7. The lowest BCUT2D eigenvalue weighted by Gasteiger charge is -2.45. The molecular formula is C45H69NO17. The molecule has 7 unspecified atom stereocenters. The van der Waals surface area contributed by atoms with Crippen molar-refractivity contribution in [3.05, 3.63) is 85.1 Å². The lowest BCUT2D eigenvalue weighted by Crippen LogP contribution is -2.59. The van der Waals surface area contributed by atoms with Gasteiger partial charge >= 0.3 is 11.9 Å². The number of aliphatic carboxylic acids is 1. The fraction of sp³-hybridized carbons (Fsp3) is 0.644. The zero-order valence-corrected chi connectivity index (χ0v) is 35.8. The van der Waals surface area contributed by atoms with Crippen LogP contribution in [0.5, 0.6) is 0 Å². The maximum Gasteiger partial charge on any atom is 0.311 e. The number of esters is 1. The molecule has 2 saturated heterocycles. The molecule has 3 rings (SSSR count). The molecule has 18 heteroatoms. The van der Waals surface area contributed by atoms with E-state index < -0.39 is 135 Å². The van der Waals surface area contributed by atoms with Crippen LogP contribution >= 0.6 is 0 Å². The lowest BCUT2D eigenvalue weighted by atomic mass is 9.82. The minimum Gasteiger partial charge on any atom is -0.481 e. The van der Waals surface area contributed by atoms with Crippen molar-refractivity contribution >= 4 is 11.9 Å². The van der Waals surface area contributed by atoms with Crippen LogP contribution in [-0.4, -0.2) is 166 Å². The van der Waals surface area contributed by atoms with Crippen molar-refractivity contribution in [1.82, 2.24) is 0 Å². The number of ether oxygens (including phenoxy) is 4. The van der Waals surface area contributed by atoms with Crippen LogP contribution in [0.15, 0.2) is 85.1 Å². The number of cyclic esters (lactones) is 1. The number of carboxylic acids is 1. The van der Waals surface area contributed by atoms with Crippen molar-refractivity contribution < 1.29 is 84.7 Å². The minimum absolute atomic E-state index is 0.103. The number of rotatable bonds is 3. The lowest BCUT2D eigenvalue weighted by molar-refractivity contribution is -0.305. The number of allylic oxidation sites excluding steroid dienone is 12. The Labute approximate surface area is 368 Å². The topological polar surface area (TPSA) is 320 Å². The Kier molecular flexibility index (Phi) is 23.2. The minimum atomic E-state index is -2.32. The van der Waals surface area contributed by atoms with E-state index >= 15 is 0 Å². The van der Waals surface area contributed by atoms with Gasteiger partial charge in [0.25, 0.3) is 0 Å². The molecule has 63 heavy (non-hydrogen) atoms. The van der Waals surface area contributed by atoms with Gasteiger partial charge in [0.05, 0.1) is 80.1 Å². The standard InChI is InChI=1S/C45H69NO17/c1-27-15-13-11-9-7-5-3-4-6-8-10-12-14-16-32(62-44-42(56)41(46)37(54)26-60-44)23-38-40(43(57)58)36(53)25-45(59,63-38)24-31(49)21-35(52)33(50)18-17-29(47)20-30(48)22-39(55)61-28(2)19-34(27)51/h3-16,27-38,40-42,44,47-54,56,59H,17-26,46H2,1-2H3,(H,57,58)/b4-3+,7-5+,8-6+,11-9+,12-10+,15-13+,16-14+/t27-,28-,29?,30?,31?,32?,33?,34-,35+,36-,37+,38-,40+,41-,42-,44?,45?/m0/s1. The maximum atomic E-state index is 12.5. The monoisotopic (exact) mass is 895 g/mol. The quantitative estimate of drug-likeness (QED) is 0.167. The molecule has 17 atom stereocenters. The molecule has 0 radical (unpaired) electrons. The first kappa shape index (κ1) is 53.9. The van der Waals surface area contributed by atoms with Crippen LogP contribution in [0.3, 0.4) is 0 Å². The molecule has 356 valence electrons. The van der Waals surface area contributed by atoms with E-state index in [1.54, 1.807) is 79.8 Å². The van der Waals surface area contributed by atoms with Gasteiger partial charge in [-0.2, -0.15) is 0 Å². The van der Waals surface area contributed by atoms with E-state index in [4.69, 9.17) is 24.7 Å². The van der Waals surface area contributed by atoms with Crippen LogP contribution in [-0.2, 0) is 28.5 Å². The van der Waals surface area contributed by atoms with E-state index in [9.17, 15) is 65.8 Å². The first-order valence-electron chi connectivity index (χ1n) is 21.4. The van der Waals surface area contributed by atoms with Gasteiger partial charge in [0.1, 0.15) is 18.1 Å². The van der Waals surface area contributed by atoms with E-state index in [0.717, 1.165) is 0 Å². The first-order chi connectivity index (χ1) is 29.8. The summed E-state index contributed by atoms with van der Waals surface area (Å²) in [6, 6.07) is -1.12. The van der Waals surface area contributed by atoms with Crippen LogP contribution in [0.4, 0.5) is 0 Å². The number of carbonyl (C=O) groups excluding carboxylic acids is 1. The predicted octanol–water partition coefficient (Wildman–Crippen LogP) is 0.0772. The number of carboxylic acid groups (broad SMARTS) is 1. The zero-order valence-electron chi connectivity index (χ0n) is 35.8. The Morgan fingerprint density at radius 1 is 0.683 bits per heavy atom. The third-order valence-electron chi connectivity index (χ3n) is 11.1. The molecule has 3 heterocycles. The smallest absolute Gasteiger partial charge is 0.311 e. The SMILES string of the molecule is C[C@H]1C[C@H](O)[C@@H](C)/C=C/C=C/C=C/C=C/C=C/C=C/C=C/C(OC2OC[C@@H](O)[C@H](N)[C@@H]2O)C[C@@H]2OC(O)(CC(O)C[C@@H](O)C(O)CCC(O)CC(O)CC(=O)O1)C[C@H](O)[C@H]2C(=O)O. The summed E-state index contributed by atoms with van der Waals surface area (Å²) in [6.45, 7) is 3.18. The highest BCUT2D eigenvalue weighted by Crippen LogP contribution is 2.38. The van der Waals surface area contributed by atoms with Gasteiger partial charge in [-0.1, -0.05) is 92.0 Å². The maximum absolute atomic E-state index is 12.5. The molecule has 3 aliphatic heterocycles. The van der Waals surface area contributed by atoms with Crippen LogP contribution in [0.1, 0.15) is 71.6 Å². The van der Waals surface area contributed by atoms with Crippen molar-refractivity contribution in [2.45, 2.75) is 163 Å².